The number of ether oxygens (including phenoxy) is 3. The van der Waals surface area contributed by atoms with Crippen molar-refractivity contribution in [3.8, 4) is 0 Å². The van der Waals surface area contributed by atoms with Crippen LogP contribution in [0.15, 0.2) is 0 Å². The molecule has 0 aliphatic heterocycles. The molecule has 0 aliphatic carbocycles. The van der Waals surface area contributed by atoms with E-state index in [9.17, 15) is 14.4 Å². The van der Waals surface area contributed by atoms with Crippen molar-refractivity contribution < 1.29 is 28.6 Å². The highest BCUT2D eigenvalue weighted by Crippen LogP contribution is 1.97. The Labute approximate surface area is 119 Å². The van der Waals surface area contributed by atoms with Gasteiger partial charge in [0.1, 0.15) is 0 Å². The van der Waals surface area contributed by atoms with E-state index in [4.69, 9.17) is 14.2 Å². The summed E-state index contributed by atoms with van der Waals surface area (Å²) in [5, 5.41) is 0. The van der Waals surface area contributed by atoms with Gasteiger partial charge in [0.2, 0.25) is 0 Å². The highest BCUT2D eigenvalue weighted by molar-refractivity contribution is 5.75. The van der Waals surface area contributed by atoms with Crippen molar-refractivity contribution in [3.63, 3.8) is 0 Å². The number of rotatable bonds is 10. The van der Waals surface area contributed by atoms with Crippen LogP contribution in [0, 0.1) is 0 Å². The monoisotopic (exact) mass is 289 g/mol. The summed E-state index contributed by atoms with van der Waals surface area (Å²) in [6.45, 7) is 6.06. The van der Waals surface area contributed by atoms with Crippen molar-refractivity contribution in [2.75, 3.05) is 39.5 Å². The highest BCUT2D eigenvalue weighted by atomic mass is 16.5. The molecule has 20 heavy (non-hydrogen) atoms. The van der Waals surface area contributed by atoms with Crippen LogP contribution < -0.4 is 0 Å². The fourth-order valence-electron chi connectivity index (χ4n) is 1.47. The average Bonchev–Trinajstić information content (AvgIpc) is 2.37. The Morgan fingerprint density at radius 3 is 1.55 bits per heavy atom. The zero-order valence-corrected chi connectivity index (χ0v) is 12.3. The van der Waals surface area contributed by atoms with Crippen molar-refractivity contribution in [3.05, 3.63) is 0 Å². The summed E-state index contributed by atoms with van der Waals surface area (Å²) >= 11 is 0. The number of hydrogen-bond donors (Lipinski definition) is 0. The molecule has 0 saturated heterocycles. The Morgan fingerprint density at radius 1 is 0.750 bits per heavy atom. The van der Waals surface area contributed by atoms with E-state index < -0.39 is 11.9 Å². The van der Waals surface area contributed by atoms with Gasteiger partial charge in [0.15, 0.2) is 0 Å². The highest BCUT2D eigenvalue weighted by Gasteiger charge is 2.17. The smallest absolute Gasteiger partial charge is 0.320 e. The Balaban J connectivity index is 4.33. The van der Waals surface area contributed by atoms with E-state index in [2.05, 4.69) is 0 Å². The SMILES string of the molecule is CCOC(=O)CCN(CC(=O)OCC)CC(=O)OCC. The molecule has 0 aliphatic rings. The summed E-state index contributed by atoms with van der Waals surface area (Å²) in [6, 6.07) is 0. The lowest BCUT2D eigenvalue weighted by Crippen LogP contribution is -2.37. The first-order valence-corrected chi connectivity index (χ1v) is 6.72. The predicted octanol–water partition coefficient (Wildman–Crippen LogP) is 0.368. The van der Waals surface area contributed by atoms with Gasteiger partial charge in [-0.05, 0) is 20.8 Å². The van der Waals surface area contributed by atoms with Crippen LogP contribution in [0.3, 0.4) is 0 Å². The zero-order chi connectivity index (χ0) is 15.4. The molecular weight excluding hydrogens is 266 g/mol. The molecule has 7 heteroatoms. The number of hydrogen-bond acceptors (Lipinski definition) is 7. The summed E-state index contributed by atoms with van der Waals surface area (Å²) < 4.78 is 14.4. The maximum absolute atomic E-state index is 11.4. The molecule has 0 rings (SSSR count). The second kappa shape index (κ2) is 11.2. The van der Waals surface area contributed by atoms with Crippen LogP contribution in [-0.2, 0) is 28.6 Å². The topological polar surface area (TPSA) is 82.1 Å². The van der Waals surface area contributed by atoms with E-state index in [1.165, 1.54) is 4.90 Å². The van der Waals surface area contributed by atoms with E-state index in [0.29, 0.717) is 6.61 Å². The van der Waals surface area contributed by atoms with Crippen LogP contribution in [0.25, 0.3) is 0 Å². The third kappa shape index (κ3) is 9.32. The number of carbonyl (C=O) groups excluding carboxylic acids is 3. The minimum Gasteiger partial charge on any atom is -0.466 e. The maximum atomic E-state index is 11.4. The second-order valence-electron chi connectivity index (χ2n) is 3.88. The normalized spacial score (nSPS) is 10.2. The van der Waals surface area contributed by atoms with Gasteiger partial charge in [-0.25, -0.2) is 0 Å². The Morgan fingerprint density at radius 2 is 1.15 bits per heavy atom. The van der Waals surface area contributed by atoms with Gasteiger partial charge in [-0.3, -0.25) is 19.3 Å². The van der Waals surface area contributed by atoms with Crippen molar-refractivity contribution in [1.82, 2.24) is 4.90 Å². The molecule has 0 heterocycles. The maximum Gasteiger partial charge on any atom is 0.320 e. The van der Waals surface area contributed by atoms with Crippen LogP contribution in [0.2, 0.25) is 0 Å². The van der Waals surface area contributed by atoms with Gasteiger partial charge >= 0.3 is 17.9 Å². The lowest BCUT2D eigenvalue weighted by Gasteiger charge is -2.19. The fourth-order valence-corrected chi connectivity index (χ4v) is 1.47. The Hall–Kier alpha value is -1.63. The summed E-state index contributed by atoms with van der Waals surface area (Å²) in [5.41, 5.74) is 0. The lowest BCUT2D eigenvalue weighted by atomic mass is 10.3. The molecule has 0 N–H and O–H groups in total. The molecule has 0 unspecified atom stereocenters. The van der Waals surface area contributed by atoms with Gasteiger partial charge < -0.3 is 14.2 Å². The van der Waals surface area contributed by atoms with Crippen LogP contribution >= 0.6 is 0 Å². The standard InChI is InChI=1S/C13H23NO6/c1-4-18-11(15)7-8-14(9-12(16)19-5-2)10-13(17)20-6-3/h4-10H2,1-3H3. The molecule has 116 valence electrons. The summed E-state index contributed by atoms with van der Waals surface area (Å²) in [7, 11) is 0. The first-order valence-electron chi connectivity index (χ1n) is 6.72. The van der Waals surface area contributed by atoms with Crippen molar-refractivity contribution >= 4 is 17.9 Å². The molecule has 0 amide bonds. The van der Waals surface area contributed by atoms with Gasteiger partial charge in [0, 0.05) is 6.54 Å². The number of nitrogens with zero attached hydrogens (tertiary/aromatic N) is 1. The molecule has 0 aromatic carbocycles. The molecule has 0 aromatic heterocycles. The number of esters is 3. The van der Waals surface area contributed by atoms with Gasteiger partial charge in [-0.15, -0.1) is 0 Å². The summed E-state index contributed by atoms with van der Waals surface area (Å²) in [4.78, 5) is 35.7. The molecule has 0 radical (unpaired) electrons. The molecular formula is C13H23NO6. The van der Waals surface area contributed by atoms with E-state index in [-0.39, 0.29) is 45.2 Å². The Kier molecular flexibility index (Phi) is 10.3. The van der Waals surface area contributed by atoms with E-state index in [1.807, 2.05) is 0 Å². The van der Waals surface area contributed by atoms with Crippen molar-refractivity contribution in [2.45, 2.75) is 27.2 Å². The van der Waals surface area contributed by atoms with Crippen LogP contribution in [-0.4, -0.2) is 62.3 Å². The first kappa shape index (κ1) is 18.4. The molecule has 0 atom stereocenters. The minimum absolute atomic E-state index is 0.0634. The van der Waals surface area contributed by atoms with Crippen molar-refractivity contribution in [1.29, 1.82) is 0 Å². The molecule has 0 bridgehead atoms. The molecule has 0 aromatic rings. The van der Waals surface area contributed by atoms with Crippen LogP contribution in [0.1, 0.15) is 27.2 Å². The van der Waals surface area contributed by atoms with Gasteiger partial charge in [-0.2, -0.15) is 0 Å². The number of carbonyl (C=O) groups is 3. The molecule has 0 fully saturated rings. The molecule has 0 saturated carbocycles. The summed E-state index contributed by atoms with van der Waals surface area (Å²) in [5.74, 6) is -1.26. The summed E-state index contributed by atoms with van der Waals surface area (Å²) in [6.07, 6.45) is 0.104. The molecule has 0 spiro atoms. The van der Waals surface area contributed by atoms with Crippen molar-refractivity contribution in [2.24, 2.45) is 0 Å². The predicted molar refractivity (Wildman–Crippen MR) is 71.0 cm³/mol. The third-order valence-corrected chi connectivity index (χ3v) is 2.25. The second-order valence-corrected chi connectivity index (χ2v) is 3.88. The van der Waals surface area contributed by atoms with Crippen LogP contribution in [0.4, 0.5) is 0 Å². The van der Waals surface area contributed by atoms with Gasteiger partial charge in [0.25, 0.3) is 0 Å². The third-order valence-electron chi connectivity index (χ3n) is 2.25. The van der Waals surface area contributed by atoms with E-state index in [1.54, 1.807) is 20.8 Å². The van der Waals surface area contributed by atoms with Crippen LogP contribution in [0.5, 0.6) is 0 Å². The quantitative estimate of drug-likeness (QED) is 0.424. The fraction of sp³-hybridized carbons (Fsp3) is 0.769. The minimum atomic E-state index is -0.444. The lowest BCUT2D eigenvalue weighted by molar-refractivity contribution is -0.150. The average molecular weight is 289 g/mol. The zero-order valence-electron chi connectivity index (χ0n) is 12.3. The first-order chi connectivity index (χ1) is 9.53. The van der Waals surface area contributed by atoms with Gasteiger partial charge in [0.05, 0.1) is 39.3 Å². The largest absolute Gasteiger partial charge is 0.466 e. The van der Waals surface area contributed by atoms with Gasteiger partial charge in [-0.1, -0.05) is 0 Å². The van der Waals surface area contributed by atoms with E-state index in [0.717, 1.165) is 0 Å². The Bertz CT molecular complexity index is 298. The van der Waals surface area contributed by atoms with E-state index >= 15 is 0 Å². The molecule has 7 nitrogen and oxygen atoms in total.